The van der Waals surface area contributed by atoms with Gasteiger partial charge in [-0.15, -0.1) is 0 Å². The molecule has 1 amide bonds. The fourth-order valence-electron chi connectivity index (χ4n) is 4.75. The largest absolute Gasteiger partial charge is 0.462 e. The molecule has 0 radical (unpaired) electrons. The summed E-state index contributed by atoms with van der Waals surface area (Å²) < 4.78 is 20.7. The summed E-state index contributed by atoms with van der Waals surface area (Å²) >= 11 is 5.56. The van der Waals surface area contributed by atoms with E-state index in [1.54, 1.807) is 23.3 Å². The van der Waals surface area contributed by atoms with E-state index in [2.05, 4.69) is 27.3 Å². The number of imidazole rings is 1. The Kier molecular flexibility index (Phi) is 7.19. The van der Waals surface area contributed by atoms with Gasteiger partial charge < -0.3 is 19.5 Å². The minimum Gasteiger partial charge on any atom is -0.462 e. The number of hydrogen-bond acceptors (Lipinski definition) is 7. The van der Waals surface area contributed by atoms with Gasteiger partial charge in [-0.2, -0.15) is 0 Å². The van der Waals surface area contributed by atoms with Crippen molar-refractivity contribution in [3.05, 3.63) is 90.5 Å². The summed E-state index contributed by atoms with van der Waals surface area (Å²) in [5, 5.41) is 3.33. The van der Waals surface area contributed by atoms with Crippen LogP contribution in [0.25, 0.3) is 0 Å². The summed E-state index contributed by atoms with van der Waals surface area (Å²) in [5.74, 6) is -0.137. The van der Waals surface area contributed by atoms with E-state index in [9.17, 15) is 4.79 Å². The number of amides is 1. The monoisotopic (exact) mass is 492 g/mol. The molecule has 3 heterocycles. The zero-order valence-corrected chi connectivity index (χ0v) is 20.2. The van der Waals surface area contributed by atoms with E-state index in [0.29, 0.717) is 19.7 Å². The number of carbonyl (C=O) groups is 1. The molecule has 182 valence electrons. The van der Waals surface area contributed by atoms with Gasteiger partial charge in [0.15, 0.2) is 12.4 Å². The van der Waals surface area contributed by atoms with Crippen LogP contribution in [-0.2, 0) is 25.5 Å². The van der Waals surface area contributed by atoms with Gasteiger partial charge in [0.1, 0.15) is 12.4 Å². The maximum absolute atomic E-state index is 12.2. The van der Waals surface area contributed by atoms with Crippen LogP contribution in [0.5, 0.6) is 0 Å². The number of carbonyl (C=O) groups excluding carboxylic acids is 1. The number of rotatable bonds is 5. The summed E-state index contributed by atoms with van der Waals surface area (Å²) in [7, 11) is 0. The molecular weight excluding hydrogens is 464 g/mol. The van der Waals surface area contributed by atoms with Crippen molar-refractivity contribution in [2.75, 3.05) is 13.2 Å². The molecule has 0 spiro atoms. The quantitative estimate of drug-likeness (QED) is 0.549. The van der Waals surface area contributed by atoms with Crippen molar-refractivity contribution in [2.24, 2.45) is 0 Å². The van der Waals surface area contributed by atoms with Crippen LogP contribution in [0.1, 0.15) is 24.3 Å². The van der Waals surface area contributed by atoms with E-state index in [4.69, 9.17) is 26.4 Å². The van der Waals surface area contributed by atoms with Gasteiger partial charge >= 0.3 is 0 Å². The third-order valence-electron chi connectivity index (χ3n) is 6.34. The maximum atomic E-state index is 12.2. The summed E-state index contributed by atoms with van der Waals surface area (Å²) in [6, 6.07) is 19.6. The van der Waals surface area contributed by atoms with Crippen molar-refractivity contribution in [3.63, 3.8) is 0 Å². The first-order valence-electron chi connectivity index (χ1n) is 11.6. The Labute approximate surface area is 209 Å². The molecule has 3 aromatic rings. The average molecular weight is 493 g/mol. The fourth-order valence-corrected chi connectivity index (χ4v) is 4.97. The molecule has 0 saturated carbocycles. The van der Waals surface area contributed by atoms with Gasteiger partial charge in [-0.3, -0.25) is 14.3 Å². The number of piperidine rings is 1. The Morgan fingerprint density at radius 1 is 1.17 bits per heavy atom. The van der Waals surface area contributed by atoms with E-state index in [-0.39, 0.29) is 23.2 Å². The van der Waals surface area contributed by atoms with Crippen LogP contribution in [-0.4, -0.2) is 63.0 Å². The zero-order valence-electron chi connectivity index (χ0n) is 19.4. The number of benzene rings is 2. The number of thiocarbonyl (C=S) groups is 1. The van der Waals surface area contributed by atoms with Gasteiger partial charge in [0, 0.05) is 38.0 Å². The minimum absolute atomic E-state index is 0.0873. The van der Waals surface area contributed by atoms with Crippen LogP contribution in [0, 0.1) is 0 Å². The van der Waals surface area contributed by atoms with Crippen molar-refractivity contribution >= 4 is 23.3 Å². The molecule has 1 unspecified atom stereocenters. The summed E-state index contributed by atoms with van der Waals surface area (Å²) in [6.07, 6.45) is 3.51. The first kappa shape index (κ1) is 23.6. The Morgan fingerprint density at radius 3 is 2.60 bits per heavy atom. The minimum atomic E-state index is -0.542. The lowest BCUT2D eigenvalue weighted by Gasteiger charge is -2.51. The number of ether oxygens (including phenoxy) is 3. The lowest BCUT2D eigenvalue weighted by molar-refractivity contribution is -0.277. The maximum Gasteiger partial charge on any atom is 0.269 e. The Morgan fingerprint density at radius 2 is 1.91 bits per heavy atom. The average Bonchev–Trinajstić information content (AvgIpc) is 3.42. The summed E-state index contributed by atoms with van der Waals surface area (Å²) in [6.45, 7) is 3.23. The van der Waals surface area contributed by atoms with Gasteiger partial charge in [-0.1, -0.05) is 60.7 Å². The number of nitrogens with one attached hydrogen (secondary N) is 1. The van der Waals surface area contributed by atoms with E-state index in [1.165, 1.54) is 12.5 Å². The van der Waals surface area contributed by atoms with Gasteiger partial charge in [0.25, 0.3) is 5.17 Å². The molecule has 2 saturated heterocycles. The van der Waals surface area contributed by atoms with E-state index in [0.717, 1.165) is 5.56 Å². The van der Waals surface area contributed by atoms with Crippen molar-refractivity contribution in [1.82, 2.24) is 19.8 Å². The van der Waals surface area contributed by atoms with E-state index < -0.39 is 18.5 Å². The van der Waals surface area contributed by atoms with Crippen LogP contribution >= 0.6 is 12.2 Å². The molecule has 0 bridgehead atoms. The number of aromatic nitrogens is 2. The Bertz CT molecular complexity index is 1130. The molecule has 5 rings (SSSR count). The van der Waals surface area contributed by atoms with Gasteiger partial charge in [0.2, 0.25) is 5.91 Å². The van der Waals surface area contributed by atoms with E-state index >= 15 is 0 Å². The van der Waals surface area contributed by atoms with Crippen LogP contribution in [0.15, 0.2) is 79.4 Å². The van der Waals surface area contributed by atoms with Crippen molar-refractivity contribution in [2.45, 2.75) is 44.1 Å². The number of fused-ring (bicyclic) bond motifs is 1. The van der Waals surface area contributed by atoms with Crippen molar-refractivity contribution in [1.29, 1.82) is 0 Å². The second-order valence-corrected chi connectivity index (χ2v) is 9.13. The predicted octanol–water partition coefficient (Wildman–Crippen LogP) is 2.90. The molecule has 0 aliphatic carbocycles. The molecule has 1 aromatic heterocycles. The molecule has 9 heteroatoms. The second kappa shape index (κ2) is 10.7. The number of nitrogens with zero attached hydrogens (tertiary/aromatic N) is 3. The zero-order chi connectivity index (χ0) is 24.2. The smallest absolute Gasteiger partial charge is 0.269 e. The molecule has 2 fully saturated rings. The third kappa shape index (κ3) is 5.43. The highest BCUT2D eigenvalue weighted by molar-refractivity contribution is 7.80. The molecular formula is C26H28N4O4S. The molecule has 1 N–H and O–H groups in total. The van der Waals surface area contributed by atoms with Crippen LogP contribution in [0.4, 0.5) is 0 Å². The molecule has 35 heavy (non-hydrogen) atoms. The SMILES string of the molecule is CC(=O)N[C@H]1CN(Cc2ccccc2)[C@@H]2COC(c3ccccc3)O[C@H]2[C@@H]1OC(=S)n1ccnc1. The Hall–Kier alpha value is -3.11. The standard InChI is InChI=1S/C26H28N4O4S/c1-18(31)28-21-15-30(14-19-8-4-2-5-9-19)22-16-32-25(20-10-6-3-7-11-20)33-24(22)23(21)34-26(35)29-13-12-27-17-29/h2-13,17,21-25H,14-16H2,1H3,(H,28,31)/t21-,22+,23+,24+,25?/m0/s1. The Balaban J connectivity index is 1.46. The van der Waals surface area contributed by atoms with Crippen LogP contribution < -0.4 is 5.32 Å². The second-order valence-electron chi connectivity index (χ2n) is 8.78. The third-order valence-corrected chi connectivity index (χ3v) is 6.65. The fraction of sp³-hybridized carbons (Fsp3) is 0.346. The highest BCUT2D eigenvalue weighted by atomic mass is 32.1. The van der Waals surface area contributed by atoms with Crippen molar-refractivity contribution in [3.8, 4) is 0 Å². The van der Waals surface area contributed by atoms with E-state index in [1.807, 2.05) is 48.5 Å². The summed E-state index contributed by atoms with van der Waals surface area (Å²) in [5.41, 5.74) is 2.10. The lowest BCUT2D eigenvalue weighted by atomic mass is 9.90. The molecule has 2 aromatic carbocycles. The first-order chi connectivity index (χ1) is 17.1. The molecule has 2 aliphatic heterocycles. The molecule has 8 nitrogen and oxygen atoms in total. The highest BCUT2D eigenvalue weighted by Crippen LogP contribution is 2.35. The van der Waals surface area contributed by atoms with Gasteiger partial charge in [0.05, 0.1) is 18.7 Å². The normalized spacial score (nSPS) is 26.5. The van der Waals surface area contributed by atoms with Crippen LogP contribution in [0.3, 0.4) is 0 Å². The topological polar surface area (TPSA) is 77.9 Å². The van der Waals surface area contributed by atoms with Gasteiger partial charge in [-0.25, -0.2) is 4.98 Å². The summed E-state index contributed by atoms with van der Waals surface area (Å²) in [4.78, 5) is 18.5. The molecule has 5 atom stereocenters. The lowest BCUT2D eigenvalue weighted by Crippen LogP contribution is -2.69. The number of likely N-dealkylation sites (tertiary alicyclic amines) is 1. The van der Waals surface area contributed by atoms with Crippen LogP contribution in [0.2, 0.25) is 0 Å². The van der Waals surface area contributed by atoms with Crippen molar-refractivity contribution < 1.29 is 19.0 Å². The first-order valence-corrected chi connectivity index (χ1v) is 12.1. The number of hydrogen-bond donors (Lipinski definition) is 1. The predicted molar refractivity (Wildman–Crippen MR) is 133 cm³/mol. The molecule has 2 aliphatic rings. The van der Waals surface area contributed by atoms with Gasteiger partial charge in [-0.05, 0) is 17.8 Å². The highest BCUT2D eigenvalue weighted by Gasteiger charge is 2.50.